The maximum absolute atomic E-state index is 11.5. The Balaban J connectivity index is 2.14. The molecule has 2 heteroatoms. The largest absolute Gasteiger partial charge is 0.458 e. The highest BCUT2D eigenvalue weighted by molar-refractivity contribution is 5.92. The minimum atomic E-state index is -0.248. The molecule has 0 amide bonds. The van der Waals surface area contributed by atoms with Crippen LogP contribution >= 0.6 is 0 Å². The van der Waals surface area contributed by atoms with E-state index in [1.54, 1.807) is 0 Å². The Morgan fingerprint density at radius 3 is 2.82 bits per heavy atom. The van der Waals surface area contributed by atoms with Crippen molar-refractivity contribution in [2.45, 2.75) is 47.0 Å². The van der Waals surface area contributed by atoms with Crippen molar-refractivity contribution < 1.29 is 9.53 Å². The van der Waals surface area contributed by atoms with Gasteiger partial charge < -0.3 is 4.74 Å². The molecule has 0 saturated carbocycles. The number of carbonyl (C=O) groups is 1. The highest BCUT2D eigenvalue weighted by atomic mass is 16.5. The van der Waals surface area contributed by atoms with Crippen LogP contribution in [0.4, 0.5) is 0 Å². The van der Waals surface area contributed by atoms with Crippen LogP contribution in [0.2, 0.25) is 0 Å². The van der Waals surface area contributed by atoms with Gasteiger partial charge in [-0.1, -0.05) is 43.2 Å². The van der Waals surface area contributed by atoms with Crippen molar-refractivity contribution in [1.29, 1.82) is 0 Å². The summed E-state index contributed by atoms with van der Waals surface area (Å²) in [6.07, 6.45) is 15.6. The summed E-state index contributed by atoms with van der Waals surface area (Å²) in [6, 6.07) is 0. The van der Waals surface area contributed by atoms with Crippen molar-refractivity contribution in [2.24, 2.45) is 5.41 Å². The lowest BCUT2D eigenvalue weighted by molar-refractivity contribution is -0.137. The summed E-state index contributed by atoms with van der Waals surface area (Å²) in [5.41, 5.74) is 4.94. The lowest BCUT2D eigenvalue weighted by atomic mass is 9.72. The second kappa shape index (κ2) is 6.95. The zero-order chi connectivity index (χ0) is 16.2. The number of ether oxygens (including phenoxy) is 1. The van der Waals surface area contributed by atoms with E-state index in [2.05, 4.69) is 39.8 Å². The Morgan fingerprint density at radius 1 is 1.36 bits per heavy atom. The molecule has 0 atom stereocenters. The summed E-state index contributed by atoms with van der Waals surface area (Å²) in [5, 5.41) is 0. The van der Waals surface area contributed by atoms with E-state index in [-0.39, 0.29) is 11.4 Å². The average molecular weight is 298 g/mol. The van der Waals surface area contributed by atoms with Gasteiger partial charge in [-0.3, -0.25) is 0 Å². The molecular formula is C20H26O2. The molecule has 118 valence electrons. The Labute approximate surface area is 133 Å². The van der Waals surface area contributed by atoms with Gasteiger partial charge in [-0.15, -0.1) is 0 Å². The van der Waals surface area contributed by atoms with Crippen LogP contribution in [0.25, 0.3) is 0 Å². The summed E-state index contributed by atoms with van der Waals surface area (Å²) >= 11 is 0. The molecule has 1 aliphatic heterocycles. The summed E-state index contributed by atoms with van der Waals surface area (Å²) in [7, 11) is 0. The number of cyclic esters (lactones) is 1. The first-order valence-electron chi connectivity index (χ1n) is 8.01. The van der Waals surface area contributed by atoms with Crippen molar-refractivity contribution in [1.82, 2.24) is 0 Å². The number of hydrogen-bond donors (Lipinski definition) is 0. The van der Waals surface area contributed by atoms with Crippen LogP contribution in [0.1, 0.15) is 47.0 Å². The number of esters is 1. The summed E-state index contributed by atoms with van der Waals surface area (Å²) in [5.74, 6) is -0.248. The molecule has 0 aromatic carbocycles. The Hall–Kier alpha value is -1.83. The quantitative estimate of drug-likeness (QED) is 0.414. The van der Waals surface area contributed by atoms with Gasteiger partial charge in [0.2, 0.25) is 0 Å². The molecule has 1 heterocycles. The first-order valence-corrected chi connectivity index (χ1v) is 8.01. The topological polar surface area (TPSA) is 26.3 Å². The smallest absolute Gasteiger partial charge is 0.338 e. The molecule has 2 rings (SSSR count). The molecule has 1 aliphatic carbocycles. The molecule has 0 aromatic rings. The molecule has 0 radical (unpaired) electrons. The van der Waals surface area contributed by atoms with Gasteiger partial charge in [0.25, 0.3) is 0 Å². The molecule has 2 nitrogen and oxygen atoms in total. The maximum atomic E-state index is 11.5. The summed E-state index contributed by atoms with van der Waals surface area (Å²) in [4.78, 5) is 11.5. The van der Waals surface area contributed by atoms with Gasteiger partial charge in [-0.2, -0.15) is 0 Å². The van der Waals surface area contributed by atoms with Crippen LogP contribution in [-0.4, -0.2) is 12.6 Å². The molecule has 0 aromatic heterocycles. The summed E-state index contributed by atoms with van der Waals surface area (Å²) in [6.45, 7) is 9.31. The van der Waals surface area contributed by atoms with Gasteiger partial charge in [-0.05, 0) is 62.3 Å². The van der Waals surface area contributed by atoms with E-state index in [1.807, 2.05) is 24.3 Å². The van der Waals surface area contributed by atoms with Crippen LogP contribution in [0.15, 0.2) is 58.7 Å². The van der Waals surface area contributed by atoms with E-state index < -0.39 is 0 Å². The number of rotatable bonds is 3. The highest BCUT2D eigenvalue weighted by Gasteiger charge is 2.26. The van der Waals surface area contributed by atoms with E-state index >= 15 is 0 Å². The normalized spacial score (nSPS) is 24.3. The van der Waals surface area contributed by atoms with E-state index in [0.29, 0.717) is 12.2 Å². The number of hydrogen-bond acceptors (Lipinski definition) is 2. The summed E-state index contributed by atoms with van der Waals surface area (Å²) < 4.78 is 4.97. The van der Waals surface area contributed by atoms with Gasteiger partial charge >= 0.3 is 5.97 Å². The Morgan fingerprint density at radius 2 is 2.14 bits per heavy atom. The van der Waals surface area contributed by atoms with Gasteiger partial charge in [0.05, 0.1) is 5.57 Å². The minimum absolute atomic E-state index is 0.248. The molecule has 0 saturated heterocycles. The van der Waals surface area contributed by atoms with E-state index in [4.69, 9.17) is 4.74 Å². The molecule has 0 spiro atoms. The van der Waals surface area contributed by atoms with Crippen LogP contribution in [-0.2, 0) is 9.53 Å². The standard InChI is InChI=1S/C20H26O2/c1-15(9-11-17-8-6-14-22-19(17)21)10-12-18-16(2)7-5-13-20(18,3)4/h6,8-12H,5,7,13-14H2,1-4H3/b12-10+,15-9+,17-11+. The highest BCUT2D eigenvalue weighted by Crippen LogP contribution is 2.40. The predicted octanol–water partition coefficient (Wildman–Crippen LogP) is 5.05. The van der Waals surface area contributed by atoms with Crippen molar-refractivity contribution in [3.63, 3.8) is 0 Å². The molecule has 0 N–H and O–H groups in total. The van der Waals surface area contributed by atoms with Crippen LogP contribution in [0, 0.1) is 5.41 Å². The number of allylic oxidation sites excluding steroid dienone is 7. The molecule has 0 bridgehead atoms. The molecular weight excluding hydrogens is 272 g/mol. The fourth-order valence-corrected chi connectivity index (χ4v) is 3.08. The zero-order valence-electron chi connectivity index (χ0n) is 14.1. The van der Waals surface area contributed by atoms with Crippen molar-refractivity contribution in [3.8, 4) is 0 Å². The van der Waals surface area contributed by atoms with E-state index in [1.165, 1.54) is 30.4 Å². The third-order valence-electron chi connectivity index (χ3n) is 4.42. The lowest BCUT2D eigenvalue weighted by Crippen LogP contribution is -2.19. The monoisotopic (exact) mass is 298 g/mol. The second-order valence-corrected chi connectivity index (χ2v) is 6.80. The first kappa shape index (κ1) is 16.5. The van der Waals surface area contributed by atoms with Crippen molar-refractivity contribution in [2.75, 3.05) is 6.61 Å². The van der Waals surface area contributed by atoms with Gasteiger partial charge in [0.15, 0.2) is 0 Å². The zero-order valence-corrected chi connectivity index (χ0v) is 14.1. The SMILES string of the molecule is CC1=C(/C=C/C(C)=C/C=C2\C=CCOC2=O)C(C)(C)CCC1. The fourth-order valence-electron chi connectivity index (χ4n) is 3.08. The van der Waals surface area contributed by atoms with Crippen molar-refractivity contribution >= 4 is 5.97 Å². The van der Waals surface area contributed by atoms with Crippen molar-refractivity contribution in [3.05, 3.63) is 58.7 Å². The fraction of sp³-hybridized carbons (Fsp3) is 0.450. The maximum Gasteiger partial charge on any atom is 0.338 e. The van der Waals surface area contributed by atoms with Gasteiger partial charge in [-0.25, -0.2) is 4.79 Å². The van der Waals surface area contributed by atoms with Crippen LogP contribution in [0.5, 0.6) is 0 Å². The van der Waals surface area contributed by atoms with Crippen LogP contribution in [0.3, 0.4) is 0 Å². The molecule has 22 heavy (non-hydrogen) atoms. The average Bonchev–Trinajstić information content (AvgIpc) is 2.45. The minimum Gasteiger partial charge on any atom is -0.458 e. The second-order valence-electron chi connectivity index (χ2n) is 6.80. The van der Waals surface area contributed by atoms with Gasteiger partial charge in [0.1, 0.15) is 6.61 Å². The predicted molar refractivity (Wildman–Crippen MR) is 91.4 cm³/mol. The molecule has 0 unspecified atom stereocenters. The Kier molecular flexibility index (Phi) is 5.23. The number of carbonyl (C=O) groups excluding carboxylic acids is 1. The van der Waals surface area contributed by atoms with Crippen LogP contribution < -0.4 is 0 Å². The van der Waals surface area contributed by atoms with Gasteiger partial charge in [0, 0.05) is 0 Å². The third-order valence-corrected chi connectivity index (χ3v) is 4.42. The molecule has 0 fully saturated rings. The van der Waals surface area contributed by atoms with E-state index in [9.17, 15) is 4.79 Å². The lowest BCUT2D eigenvalue weighted by Gasteiger charge is -2.32. The van der Waals surface area contributed by atoms with E-state index in [0.717, 1.165) is 5.57 Å². The third kappa shape index (κ3) is 4.09. The Bertz CT molecular complexity index is 595. The molecule has 2 aliphatic rings. The first-order chi connectivity index (χ1) is 10.4.